The number of rotatable bonds is 1. The number of carbonyl (C=O) groups excluding carboxylic acids is 1. The Bertz CT molecular complexity index is 444. The second-order valence-corrected chi connectivity index (χ2v) is 3.37. The van der Waals surface area contributed by atoms with Crippen LogP contribution in [0.25, 0.3) is 0 Å². The first-order valence-electron chi connectivity index (χ1n) is 4.52. The molecule has 1 N–H and O–H groups in total. The third-order valence-corrected chi connectivity index (χ3v) is 2.31. The summed E-state index contributed by atoms with van der Waals surface area (Å²) in [5, 5.41) is 10.1. The fraction of sp³-hybridized carbons (Fsp3) is 0.0833. The van der Waals surface area contributed by atoms with E-state index >= 15 is 0 Å². The molecular formula is C12H9FO2. The molecule has 1 aromatic carbocycles. The Hall–Kier alpha value is -1.74. The van der Waals surface area contributed by atoms with Gasteiger partial charge in [-0.1, -0.05) is 18.2 Å². The average molecular weight is 204 g/mol. The van der Waals surface area contributed by atoms with Crippen LogP contribution in [-0.4, -0.2) is 10.9 Å². The molecular weight excluding hydrogens is 195 g/mol. The van der Waals surface area contributed by atoms with Crippen LogP contribution in [-0.2, 0) is 10.4 Å². The summed E-state index contributed by atoms with van der Waals surface area (Å²) in [7, 11) is 0. The van der Waals surface area contributed by atoms with Crippen molar-refractivity contribution in [3.63, 3.8) is 0 Å². The van der Waals surface area contributed by atoms with Crippen LogP contribution in [0.2, 0.25) is 0 Å². The first-order valence-corrected chi connectivity index (χ1v) is 4.52. The first kappa shape index (κ1) is 9.80. The SMILES string of the molecule is O=C1C=CC(O)(c2ccccc2F)C=C1. The molecule has 0 aliphatic heterocycles. The third kappa shape index (κ3) is 1.74. The lowest BCUT2D eigenvalue weighted by Gasteiger charge is -2.23. The minimum Gasteiger partial charge on any atom is -0.377 e. The van der Waals surface area contributed by atoms with Crippen LogP contribution in [0.4, 0.5) is 4.39 Å². The maximum atomic E-state index is 13.4. The highest BCUT2D eigenvalue weighted by Crippen LogP contribution is 2.28. The molecule has 0 unspecified atom stereocenters. The van der Waals surface area contributed by atoms with Gasteiger partial charge >= 0.3 is 0 Å². The molecule has 2 rings (SSSR count). The van der Waals surface area contributed by atoms with Crippen molar-refractivity contribution < 1.29 is 14.3 Å². The fourth-order valence-corrected chi connectivity index (χ4v) is 1.50. The van der Waals surface area contributed by atoms with E-state index in [-0.39, 0.29) is 11.3 Å². The van der Waals surface area contributed by atoms with Gasteiger partial charge in [0.2, 0.25) is 0 Å². The number of ketones is 1. The predicted octanol–water partition coefficient (Wildman–Crippen LogP) is 1.71. The normalized spacial score (nSPS) is 18.1. The molecule has 0 saturated heterocycles. The van der Waals surface area contributed by atoms with E-state index in [0.29, 0.717) is 0 Å². The summed E-state index contributed by atoms with van der Waals surface area (Å²) in [5.74, 6) is -0.709. The van der Waals surface area contributed by atoms with E-state index in [1.165, 1.54) is 36.4 Å². The molecule has 3 heteroatoms. The summed E-state index contributed by atoms with van der Waals surface area (Å²) >= 11 is 0. The Balaban J connectivity index is 2.48. The second-order valence-electron chi connectivity index (χ2n) is 3.37. The molecule has 1 aliphatic rings. The number of carbonyl (C=O) groups is 1. The summed E-state index contributed by atoms with van der Waals surface area (Å²) < 4.78 is 13.4. The molecule has 0 saturated carbocycles. The fourth-order valence-electron chi connectivity index (χ4n) is 1.50. The minimum atomic E-state index is -1.51. The predicted molar refractivity (Wildman–Crippen MR) is 53.6 cm³/mol. The monoisotopic (exact) mass is 204 g/mol. The standard InChI is InChI=1S/C12H9FO2/c13-11-4-2-1-3-10(11)12(15)7-5-9(14)6-8-12/h1-8,15H. The molecule has 0 atom stereocenters. The second kappa shape index (κ2) is 3.44. The zero-order chi connectivity index (χ0) is 10.9. The minimum absolute atomic E-state index is 0.144. The van der Waals surface area contributed by atoms with Crippen molar-refractivity contribution in [2.24, 2.45) is 0 Å². The van der Waals surface area contributed by atoms with Gasteiger partial charge in [0.05, 0.1) is 0 Å². The molecule has 0 bridgehead atoms. The Morgan fingerprint density at radius 3 is 2.33 bits per heavy atom. The van der Waals surface area contributed by atoms with E-state index in [1.807, 2.05) is 0 Å². The van der Waals surface area contributed by atoms with Crippen molar-refractivity contribution in [1.82, 2.24) is 0 Å². The molecule has 0 amide bonds. The van der Waals surface area contributed by atoms with E-state index in [9.17, 15) is 14.3 Å². The van der Waals surface area contributed by atoms with E-state index < -0.39 is 11.4 Å². The van der Waals surface area contributed by atoms with Gasteiger partial charge in [0.1, 0.15) is 11.4 Å². The van der Waals surface area contributed by atoms with Crippen molar-refractivity contribution in [3.8, 4) is 0 Å². The van der Waals surface area contributed by atoms with Crippen LogP contribution in [0.1, 0.15) is 5.56 Å². The maximum Gasteiger partial charge on any atom is 0.178 e. The first-order chi connectivity index (χ1) is 7.12. The zero-order valence-corrected chi connectivity index (χ0v) is 7.85. The molecule has 0 radical (unpaired) electrons. The number of benzene rings is 1. The summed E-state index contributed by atoms with van der Waals surface area (Å²) in [6.45, 7) is 0. The molecule has 1 aromatic rings. The molecule has 15 heavy (non-hydrogen) atoms. The molecule has 2 nitrogen and oxygen atoms in total. The van der Waals surface area contributed by atoms with Gasteiger partial charge in [0.25, 0.3) is 0 Å². The van der Waals surface area contributed by atoms with Crippen LogP contribution >= 0.6 is 0 Å². The van der Waals surface area contributed by atoms with Crippen LogP contribution < -0.4 is 0 Å². The summed E-state index contributed by atoms with van der Waals surface area (Å²) in [5.41, 5.74) is -1.37. The summed E-state index contributed by atoms with van der Waals surface area (Å²) in [6, 6.07) is 5.93. The number of hydrogen-bond donors (Lipinski definition) is 1. The quantitative estimate of drug-likeness (QED) is 0.756. The maximum absolute atomic E-state index is 13.4. The summed E-state index contributed by atoms with van der Waals surface area (Å²) in [6.07, 6.45) is 5.03. The van der Waals surface area contributed by atoms with Gasteiger partial charge in [-0.2, -0.15) is 0 Å². The highest BCUT2D eigenvalue weighted by atomic mass is 19.1. The topological polar surface area (TPSA) is 37.3 Å². The smallest absolute Gasteiger partial charge is 0.178 e. The van der Waals surface area contributed by atoms with E-state index in [2.05, 4.69) is 0 Å². The molecule has 76 valence electrons. The lowest BCUT2D eigenvalue weighted by molar-refractivity contribution is -0.110. The van der Waals surface area contributed by atoms with Crippen LogP contribution in [0.3, 0.4) is 0 Å². The summed E-state index contributed by atoms with van der Waals surface area (Å²) in [4.78, 5) is 10.9. The van der Waals surface area contributed by atoms with Crippen molar-refractivity contribution in [2.75, 3.05) is 0 Å². The van der Waals surface area contributed by atoms with Crippen LogP contribution in [0.5, 0.6) is 0 Å². The van der Waals surface area contributed by atoms with Gasteiger partial charge in [0, 0.05) is 5.56 Å². The van der Waals surface area contributed by atoms with Crippen molar-refractivity contribution in [1.29, 1.82) is 0 Å². The number of halogens is 1. The number of allylic oxidation sites excluding steroid dienone is 2. The van der Waals surface area contributed by atoms with Gasteiger partial charge in [-0.3, -0.25) is 4.79 Å². The van der Waals surface area contributed by atoms with Gasteiger partial charge in [-0.05, 0) is 30.4 Å². The molecule has 1 aliphatic carbocycles. The molecule has 0 fully saturated rings. The van der Waals surface area contributed by atoms with Gasteiger partial charge in [0.15, 0.2) is 5.78 Å². The van der Waals surface area contributed by atoms with Crippen molar-refractivity contribution in [2.45, 2.75) is 5.60 Å². The van der Waals surface area contributed by atoms with E-state index in [0.717, 1.165) is 0 Å². The lowest BCUT2D eigenvalue weighted by Crippen LogP contribution is -2.24. The largest absolute Gasteiger partial charge is 0.377 e. The lowest BCUT2D eigenvalue weighted by atomic mass is 9.89. The van der Waals surface area contributed by atoms with E-state index in [1.54, 1.807) is 12.1 Å². The van der Waals surface area contributed by atoms with Crippen LogP contribution in [0.15, 0.2) is 48.6 Å². The van der Waals surface area contributed by atoms with E-state index in [4.69, 9.17) is 0 Å². The van der Waals surface area contributed by atoms with Crippen LogP contribution in [0, 0.1) is 5.82 Å². The molecule has 0 aromatic heterocycles. The molecule has 0 heterocycles. The van der Waals surface area contributed by atoms with Gasteiger partial charge in [-0.15, -0.1) is 0 Å². The Morgan fingerprint density at radius 1 is 1.13 bits per heavy atom. The van der Waals surface area contributed by atoms with Crippen molar-refractivity contribution in [3.05, 3.63) is 60.0 Å². The number of hydrogen-bond acceptors (Lipinski definition) is 2. The Labute approximate surface area is 86.4 Å². The van der Waals surface area contributed by atoms with Gasteiger partial charge < -0.3 is 5.11 Å². The molecule has 0 spiro atoms. The Kier molecular flexibility index (Phi) is 2.25. The Morgan fingerprint density at radius 2 is 1.73 bits per heavy atom. The average Bonchev–Trinajstić information content (AvgIpc) is 2.23. The number of aliphatic hydroxyl groups is 1. The zero-order valence-electron chi connectivity index (χ0n) is 7.85. The van der Waals surface area contributed by atoms with Crippen molar-refractivity contribution >= 4 is 5.78 Å². The highest BCUT2D eigenvalue weighted by Gasteiger charge is 2.28. The van der Waals surface area contributed by atoms with Gasteiger partial charge in [-0.25, -0.2) is 4.39 Å². The highest BCUT2D eigenvalue weighted by molar-refractivity contribution is 6.00. The third-order valence-electron chi connectivity index (χ3n) is 2.31.